The van der Waals surface area contributed by atoms with Crippen molar-refractivity contribution in [3.05, 3.63) is 96.1 Å². The van der Waals surface area contributed by atoms with Crippen LogP contribution in [0.1, 0.15) is 66.5 Å². The zero-order chi connectivity index (χ0) is 25.5. The Morgan fingerprint density at radius 1 is 0.559 bits per heavy atom. The Labute approximate surface area is 206 Å². The average Bonchev–Trinajstić information content (AvgIpc) is 2.79. The van der Waals surface area contributed by atoms with Gasteiger partial charge in [0.05, 0.1) is 0 Å². The summed E-state index contributed by atoms with van der Waals surface area (Å²) in [5.74, 6) is 0. The highest BCUT2D eigenvalue weighted by Crippen LogP contribution is 2.36. The second-order valence-electron chi connectivity index (χ2n) is 10.6. The minimum Gasteiger partial charge on any atom is -0.423 e. The van der Waals surface area contributed by atoms with Gasteiger partial charge in [0.2, 0.25) is 0 Å². The summed E-state index contributed by atoms with van der Waals surface area (Å²) in [5.41, 5.74) is 6.32. The normalized spacial score (nSPS) is 11.7. The van der Waals surface area contributed by atoms with Gasteiger partial charge in [-0.05, 0) is 77.7 Å². The highest BCUT2D eigenvalue weighted by atomic mass is 16.4. The lowest BCUT2D eigenvalue weighted by Gasteiger charge is -2.28. The fourth-order valence-electron chi connectivity index (χ4n) is 3.46. The summed E-state index contributed by atoms with van der Waals surface area (Å²) in [5, 5.41) is 18.9. The van der Waals surface area contributed by atoms with Gasteiger partial charge in [-0.3, -0.25) is 0 Å². The van der Waals surface area contributed by atoms with Gasteiger partial charge in [-0.1, -0.05) is 90.1 Å². The van der Waals surface area contributed by atoms with Crippen LogP contribution in [0.4, 0.5) is 17.1 Å². The van der Waals surface area contributed by atoms with Gasteiger partial charge in [0.1, 0.15) is 0 Å². The van der Waals surface area contributed by atoms with Crippen molar-refractivity contribution in [1.82, 2.24) is 0 Å². The van der Waals surface area contributed by atoms with Crippen molar-refractivity contribution in [2.24, 2.45) is 0 Å². The van der Waals surface area contributed by atoms with Crippen molar-refractivity contribution >= 4 is 29.6 Å². The first-order valence-corrected chi connectivity index (χ1v) is 11.9. The van der Waals surface area contributed by atoms with Crippen LogP contribution in [-0.4, -0.2) is 17.2 Å². The lowest BCUT2D eigenvalue weighted by molar-refractivity contribution is 0.426. The van der Waals surface area contributed by atoms with E-state index in [4.69, 9.17) is 0 Å². The van der Waals surface area contributed by atoms with Crippen molar-refractivity contribution in [2.75, 3.05) is 4.90 Å². The number of anilines is 3. The third-order valence-electron chi connectivity index (χ3n) is 5.77. The topological polar surface area (TPSA) is 43.7 Å². The number of hydrogen-bond donors (Lipinski definition) is 2. The second kappa shape index (κ2) is 11.5. The Hall–Kier alpha value is -2.82. The summed E-state index contributed by atoms with van der Waals surface area (Å²) in [6.07, 6.45) is 4.00. The molecule has 180 valence electrons. The van der Waals surface area contributed by atoms with Crippen LogP contribution < -0.4 is 10.4 Å². The zero-order valence-electron chi connectivity index (χ0n) is 22.0. The summed E-state index contributed by atoms with van der Waals surface area (Å²) in [6, 6.07) is 24.6. The van der Waals surface area contributed by atoms with E-state index in [1.807, 2.05) is 38.1 Å². The molecule has 0 aromatic heterocycles. The van der Waals surface area contributed by atoms with Gasteiger partial charge in [0.25, 0.3) is 0 Å². The summed E-state index contributed by atoms with van der Waals surface area (Å²) in [4.78, 5) is 2.19. The molecule has 0 bridgehead atoms. The Balaban J connectivity index is 0.000000945. The molecule has 3 rings (SSSR count). The van der Waals surface area contributed by atoms with Gasteiger partial charge in [-0.2, -0.15) is 0 Å². The molecular formula is C30H40BNO2. The van der Waals surface area contributed by atoms with Crippen molar-refractivity contribution in [1.29, 1.82) is 0 Å². The van der Waals surface area contributed by atoms with Crippen molar-refractivity contribution < 1.29 is 10.0 Å². The quantitative estimate of drug-likeness (QED) is 0.327. The molecule has 0 spiro atoms. The third kappa shape index (κ3) is 7.34. The number of benzene rings is 3. The molecule has 0 saturated carbocycles. The standard InChI is InChI=1S/C26H32BNO2.C4H8/c1-25(2,3)19-7-13-22(14-8-19)28(24-17-11-21(12-18-24)27(29)30)23-15-9-20(10-16-23)26(4,5)6;1-3-4-2/h7-18,29-30H,1-6H3;3-4H,1-2H3/b;4-3-. The van der Waals surface area contributed by atoms with Crippen LogP contribution in [0.5, 0.6) is 0 Å². The van der Waals surface area contributed by atoms with Crippen LogP contribution >= 0.6 is 0 Å². The summed E-state index contributed by atoms with van der Waals surface area (Å²) < 4.78 is 0. The fourth-order valence-corrected chi connectivity index (χ4v) is 3.46. The van der Waals surface area contributed by atoms with Crippen LogP contribution in [0.15, 0.2) is 84.9 Å². The van der Waals surface area contributed by atoms with Gasteiger partial charge < -0.3 is 14.9 Å². The van der Waals surface area contributed by atoms with E-state index in [-0.39, 0.29) is 10.8 Å². The zero-order valence-corrected chi connectivity index (χ0v) is 22.0. The van der Waals surface area contributed by atoms with E-state index in [1.54, 1.807) is 12.1 Å². The molecule has 0 heterocycles. The van der Waals surface area contributed by atoms with Crippen molar-refractivity contribution in [3.8, 4) is 0 Å². The van der Waals surface area contributed by atoms with E-state index in [9.17, 15) is 10.0 Å². The molecule has 2 N–H and O–H groups in total. The van der Waals surface area contributed by atoms with Crippen molar-refractivity contribution in [3.63, 3.8) is 0 Å². The van der Waals surface area contributed by atoms with E-state index in [0.29, 0.717) is 5.46 Å². The predicted octanol–water partition coefficient (Wildman–Crippen LogP) is 7.01. The molecule has 0 amide bonds. The SMILES string of the molecule is C/C=C\C.CC(C)(C)c1ccc(N(c2ccc(B(O)O)cc2)c2ccc(C(C)(C)C)cc2)cc1. The lowest BCUT2D eigenvalue weighted by atomic mass is 9.80. The first kappa shape index (κ1) is 27.4. The summed E-state index contributed by atoms with van der Waals surface area (Å²) >= 11 is 0. The first-order valence-electron chi connectivity index (χ1n) is 11.9. The monoisotopic (exact) mass is 457 g/mol. The largest absolute Gasteiger partial charge is 0.488 e. The highest BCUT2D eigenvalue weighted by Gasteiger charge is 2.19. The Bertz CT molecular complexity index is 978. The molecule has 34 heavy (non-hydrogen) atoms. The van der Waals surface area contributed by atoms with Crippen LogP contribution in [0.2, 0.25) is 0 Å². The third-order valence-corrected chi connectivity index (χ3v) is 5.77. The molecule has 0 aliphatic heterocycles. The number of hydrogen-bond acceptors (Lipinski definition) is 3. The second-order valence-corrected chi connectivity index (χ2v) is 10.6. The maximum atomic E-state index is 9.44. The molecule has 3 nitrogen and oxygen atoms in total. The summed E-state index contributed by atoms with van der Waals surface area (Å²) in [6.45, 7) is 17.3. The molecule has 0 unspecified atom stereocenters. The Morgan fingerprint density at radius 3 is 1.09 bits per heavy atom. The number of rotatable bonds is 4. The van der Waals surface area contributed by atoms with Gasteiger partial charge in [0.15, 0.2) is 0 Å². The molecule has 0 fully saturated rings. The average molecular weight is 457 g/mol. The molecular weight excluding hydrogens is 417 g/mol. The van der Waals surface area contributed by atoms with E-state index in [0.717, 1.165) is 17.1 Å². The molecule has 0 radical (unpaired) electrons. The maximum Gasteiger partial charge on any atom is 0.488 e. The van der Waals surface area contributed by atoms with E-state index in [1.165, 1.54) is 11.1 Å². The molecule has 3 aromatic rings. The van der Waals surface area contributed by atoms with Gasteiger partial charge in [-0.15, -0.1) is 0 Å². The van der Waals surface area contributed by atoms with Crippen LogP contribution in [0.25, 0.3) is 0 Å². The fraction of sp³-hybridized carbons (Fsp3) is 0.333. The van der Waals surface area contributed by atoms with Gasteiger partial charge in [0, 0.05) is 17.1 Å². The van der Waals surface area contributed by atoms with Crippen LogP contribution in [0.3, 0.4) is 0 Å². The minimum atomic E-state index is -1.47. The highest BCUT2D eigenvalue weighted by molar-refractivity contribution is 6.58. The summed E-state index contributed by atoms with van der Waals surface area (Å²) in [7, 11) is -1.47. The molecule has 0 aliphatic carbocycles. The van der Waals surface area contributed by atoms with Crippen molar-refractivity contribution in [2.45, 2.75) is 66.2 Å². The smallest absolute Gasteiger partial charge is 0.423 e. The Kier molecular flexibility index (Phi) is 9.32. The lowest BCUT2D eigenvalue weighted by Crippen LogP contribution is -2.29. The molecule has 3 aromatic carbocycles. The number of nitrogens with zero attached hydrogens (tertiary/aromatic N) is 1. The van der Waals surface area contributed by atoms with Crippen LogP contribution in [-0.2, 0) is 10.8 Å². The number of allylic oxidation sites excluding steroid dienone is 2. The molecule has 0 atom stereocenters. The Morgan fingerprint density at radius 2 is 0.853 bits per heavy atom. The first-order chi connectivity index (χ1) is 15.9. The maximum absolute atomic E-state index is 9.44. The minimum absolute atomic E-state index is 0.0939. The molecule has 0 aliphatic rings. The predicted molar refractivity (Wildman–Crippen MR) is 149 cm³/mol. The van der Waals surface area contributed by atoms with Gasteiger partial charge >= 0.3 is 7.12 Å². The van der Waals surface area contributed by atoms with E-state index in [2.05, 4.69) is 95.0 Å². The van der Waals surface area contributed by atoms with E-state index >= 15 is 0 Å². The van der Waals surface area contributed by atoms with Crippen LogP contribution in [0, 0.1) is 0 Å². The molecule has 4 heteroatoms. The van der Waals surface area contributed by atoms with E-state index < -0.39 is 7.12 Å². The van der Waals surface area contributed by atoms with Gasteiger partial charge in [-0.25, -0.2) is 0 Å². The molecule has 0 saturated heterocycles.